The Balaban J connectivity index is 2.21. The van der Waals surface area contributed by atoms with Crippen molar-refractivity contribution in [1.29, 1.82) is 0 Å². The van der Waals surface area contributed by atoms with E-state index >= 15 is 0 Å². The Morgan fingerprint density at radius 1 is 1.18 bits per heavy atom. The fourth-order valence-electron chi connectivity index (χ4n) is 3.09. The van der Waals surface area contributed by atoms with Crippen molar-refractivity contribution in [3.63, 3.8) is 0 Å². The van der Waals surface area contributed by atoms with E-state index in [-0.39, 0.29) is 50.5 Å². The molecule has 0 aliphatic carbocycles. The van der Waals surface area contributed by atoms with Gasteiger partial charge in [0.1, 0.15) is 5.82 Å². The highest BCUT2D eigenvalue weighted by atomic mass is 35.5. The van der Waals surface area contributed by atoms with Crippen molar-refractivity contribution in [2.75, 3.05) is 38.7 Å². The van der Waals surface area contributed by atoms with Crippen LogP contribution in [-0.2, 0) is 29.3 Å². The number of halogens is 1. The summed E-state index contributed by atoms with van der Waals surface area (Å²) < 4.78 is 11.5. The number of anilines is 1. The summed E-state index contributed by atoms with van der Waals surface area (Å²) in [6, 6.07) is 8.99. The summed E-state index contributed by atoms with van der Waals surface area (Å²) in [5.41, 5.74) is 1.13. The van der Waals surface area contributed by atoms with Gasteiger partial charge in [-0.2, -0.15) is 5.10 Å². The van der Waals surface area contributed by atoms with Crippen LogP contribution in [0.25, 0.3) is 5.69 Å². The third-order valence-corrected chi connectivity index (χ3v) is 5.25. The summed E-state index contributed by atoms with van der Waals surface area (Å²) in [6.45, 7) is 8.27. The van der Waals surface area contributed by atoms with Gasteiger partial charge in [-0.3, -0.25) is 14.4 Å². The molecule has 0 atom stereocenters. The number of ether oxygens (including phenoxy) is 2. The fraction of sp³-hybridized carbons (Fsp3) is 0.500. The number of nitrogens with zero attached hydrogens (tertiary/aromatic N) is 3. The second kappa shape index (κ2) is 12.5. The number of amides is 2. The molecular formula is C24H33ClN4O5. The zero-order valence-electron chi connectivity index (χ0n) is 20.4. The lowest BCUT2D eigenvalue weighted by Gasteiger charge is -2.22. The predicted octanol–water partition coefficient (Wildman–Crippen LogP) is 3.58. The quantitative estimate of drug-likeness (QED) is 0.481. The summed E-state index contributed by atoms with van der Waals surface area (Å²) in [7, 11) is 1.51. The predicted molar refractivity (Wildman–Crippen MR) is 130 cm³/mol. The Labute approximate surface area is 205 Å². The van der Waals surface area contributed by atoms with Crippen LogP contribution in [0.4, 0.5) is 5.82 Å². The number of nitrogens with one attached hydrogen (secondary N) is 1. The standard InChI is InChI=1S/C24H33ClN4O5/c1-6-34-23(32)12-11-22(31)28(13-14-33-5)16-21(30)26-20-15-19(24(2,3)4)27-29(20)18-10-8-7-9-17(18)25/h7-10,15H,6,11-14,16H2,1-5H3,(H,26,30). The molecule has 1 aromatic heterocycles. The number of carbonyl (C=O) groups excluding carboxylic acids is 3. The van der Waals surface area contributed by atoms with Crippen molar-refractivity contribution < 1.29 is 23.9 Å². The number of para-hydroxylation sites is 1. The van der Waals surface area contributed by atoms with Gasteiger partial charge >= 0.3 is 5.97 Å². The Morgan fingerprint density at radius 3 is 2.50 bits per heavy atom. The first kappa shape index (κ1) is 27.3. The zero-order chi connectivity index (χ0) is 25.3. The summed E-state index contributed by atoms with van der Waals surface area (Å²) in [6.07, 6.45) is -0.104. The molecule has 1 N–H and O–H groups in total. The minimum Gasteiger partial charge on any atom is -0.466 e. The van der Waals surface area contributed by atoms with E-state index in [1.807, 2.05) is 32.9 Å². The van der Waals surface area contributed by atoms with Crippen LogP contribution in [0.5, 0.6) is 0 Å². The number of carbonyl (C=O) groups is 3. The van der Waals surface area contributed by atoms with Crippen LogP contribution in [-0.4, -0.2) is 65.9 Å². The molecule has 2 amide bonds. The van der Waals surface area contributed by atoms with Crippen molar-refractivity contribution in [1.82, 2.24) is 14.7 Å². The number of benzene rings is 1. The van der Waals surface area contributed by atoms with Gasteiger partial charge in [0.25, 0.3) is 0 Å². The first-order chi connectivity index (χ1) is 16.1. The van der Waals surface area contributed by atoms with Gasteiger partial charge < -0.3 is 19.7 Å². The lowest BCUT2D eigenvalue weighted by molar-refractivity contribution is -0.146. The van der Waals surface area contributed by atoms with Gasteiger partial charge in [-0.15, -0.1) is 0 Å². The Kier molecular flexibility index (Phi) is 10.1. The molecule has 9 nitrogen and oxygen atoms in total. The van der Waals surface area contributed by atoms with Crippen LogP contribution in [0, 0.1) is 0 Å². The van der Waals surface area contributed by atoms with E-state index in [4.69, 9.17) is 21.1 Å². The maximum atomic E-state index is 12.9. The van der Waals surface area contributed by atoms with Crippen molar-refractivity contribution in [2.24, 2.45) is 0 Å². The van der Waals surface area contributed by atoms with E-state index in [0.717, 1.165) is 5.69 Å². The smallest absolute Gasteiger partial charge is 0.306 e. The molecule has 0 aliphatic rings. The molecule has 0 unspecified atom stereocenters. The second-order valence-electron chi connectivity index (χ2n) is 8.69. The molecule has 1 aromatic carbocycles. The molecule has 0 fully saturated rings. The van der Waals surface area contributed by atoms with Crippen molar-refractivity contribution >= 4 is 35.2 Å². The molecule has 2 rings (SSSR count). The largest absolute Gasteiger partial charge is 0.466 e. The van der Waals surface area contributed by atoms with Gasteiger partial charge in [0.15, 0.2) is 0 Å². The number of hydrogen-bond donors (Lipinski definition) is 1. The van der Waals surface area contributed by atoms with Gasteiger partial charge in [-0.05, 0) is 19.1 Å². The maximum Gasteiger partial charge on any atom is 0.306 e. The van der Waals surface area contributed by atoms with Crippen molar-refractivity contribution in [3.05, 3.63) is 41.0 Å². The summed E-state index contributed by atoms with van der Waals surface area (Å²) in [4.78, 5) is 38.6. The molecule has 0 spiro atoms. The number of rotatable bonds is 11. The molecule has 186 valence electrons. The minimum absolute atomic E-state index is 0.0496. The summed E-state index contributed by atoms with van der Waals surface area (Å²) in [5, 5.41) is 8.00. The molecule has 34 heavy (non-hydrogen) atoms. The molecule has 0 radical (unpaired) electrons. The normalized spacial score (nSPS) is 11.2. The van der Waals surface area contributed by atoms with Crippen LogP contribution >= 0.6 is 11.6 Å². The van der Waals surface area contributed by atoms with Gasteiger partial charge in [-0.1, -0.05) is 44.5 Å². The monoisotopic (exact) mass is 492 g/mol. The Bertz CT molecular complexity index is 999. The van der Waals surface area contributed by atoms with Gasteiger partial charge in [0, 0.05) is 31.6 Å². The first-order valence-electron chi connectivity index (χ1n) is 11.1. The number of hydrogen-bond acceptors (Lipinski definition) is 6. The summed E-state index contributed by atoms with van der Waals surface area (Å²) >= 11 is 6.38. The molecule has 0 aliphatic heterocycles. The molecule has 1 heterocycles. The van der Waals surface area contributed by atoms with Crippen LogP contribution in [0.3, 0.4) is 0 Å². The number of methoxy groups -OCH3 is 1. The molecular weight excluding hydrogens is 460 g/mol. The molecule has 0 saturated heterocycles. The van der Waals surface area contributed by atoms with Gasteiger partial charge in [-0.25, -0.2) is 4.68 Å². The van der Waals surface area contributed by atoms with Crippen LogP contribution < -0.4 is 5.32 Å². The highest BCUT2D eigenvalue weighted by Gasteiger charge is 2.24. The first-order valence-corrected chi connectivity index (χ1v) is 11.5. The number of aromatic nitrogens is 2. The third kappa shape index (κ3) is 7.85. The lowest BCUT2D eigenvalue weighted by Crippen LogP contribution is -2.40. The van der Waals surface area contributed by atoms with E-state index in [1.54, 1.807) is 29.8 Å². The van der Waals surface area contributed by atoms with E-state index in [9.17, 15) is 14.4 Å². The van der Waals surface area contributed by atoms with Crippen LogP contribution in [0.1, 0.15) is 46.2 Å². The molecule has 0 bridgehead atoms. The third-order valence-electron chi connectivity index (χ3n) is 4.93. The highest BCUT2D eigenvalue weighted by molar-refractivity contribution is 6.32. The molecule has 10 heteroatoms. The lowest BCUT2D eigenvalue weighted by atomic mass is 9.92. The minimum atomic E-state index is -0.453. The fourth-order valence-corrected chi connectivity index (χ4v) is 3.31. The van der Waals surface area contributed by atoms with E-state index in [0.29, 0.717) is 16.5 Å². The average Bonchev–Trinajstić information content (AvgIpc) is 3.19. The zero-order valence-corrected chi connectivity index (χ0v) is 21.1. The Hall–Kier alpha value is -2.91. The average molecular weight is 493 g/mol. The maximum absolute atomic E-state index is 12.9. The van der Waals surface area contributed by atoms with Crippen LogP contribution in [0.15, 0.2) is 30.3 Å². The van der Waals surface area contributed by atoms with E-state index < -0.39 is 11.9 Å². The molecule has 0 saturated carbocycles. The number of esters is 1. The summed E-state index contributed by atoms with van der Waals surface area (Å²) in [5.74, 6) is -0.761. The highest BCUT2D eigenvalue weighted by Crippen LogP contribution is 2.29. The van der Waals surface area contributed by atoms with Crippen molar-refractivity contribution in [3.8, 4) is 5.69 Å². The van der Waals surface area contributed by atoms with Crippen molar-refractivity contribution in [2.45, 2.75) is 46.0 Å². The van der Waals surface area contributed by atoms with Gasteiger partial charge in [0.05, 0.1) is 42.6 Å². The Morgan fingerprint density at radius 2 is 1.88 bits per heavy atom. The van der Waals surface area contributed by atoms with Gasteiger partial charge in [0.2, 0.25) is 11.8 Å². The molecule has 2 aromatic rings. The van der Waals surface area contributed by atoms with E-state index in [2.05, 4.69) is 10.4 Å². The second-order valence-corrected chi connectivity index (χ2v) is 9.10. The SMILES string of the molecule is CCOC(=O)CCC(=O)N(CCOC)CC(=O)Nc1cc(C(C)(C)C)nn1-c1ccccc1Cl. The van der Waals surface area contributed by atoms with Crippen LogP contribution in [0.2, 0.25) is 5.02 Å². The topological polar surface area (TPSA) is 103 Å². The van der Waals surface area contributed by atoms with E-state index in [1.165, 1.54) is 12.0 Å².